The predicted octanol–water partition coefficient (Wildman–Crippen LogP) is 4.10. The smallest absolute Gasteiger partial charge is 0.151 e. The summed E-state index contributed by atoms with van der Waals surface area (Å²) in [6.07, 6.45) is 1.65. The maximum atomic E-state index is 5.27. The first-order valence-electron chi connectivity index (χ1n) is 10.2. The van der Waals surface area contributed by atoms with Crippen molar-refractivity contribution >= 4 is 33.3 Å². The lowest BCUT2D eigenvalue weighted by Crippen LogP contribution is -2.46. The number of hydrogen-bond donors (Lipinski definition) is 0. The maximum absolute atomic E-state index is 5.27. The zero-order valence-corrected chi connectivity index (χ0v) is 18.3. The molecule has 0 spiro atoms. The molecule has 2 aromatic heterocycles. The van der Waals surface area contributed by atoms with Crippen LogP contribution in [0.2, 0.25) is 0 Å². The second kappa shape index (κ2) is 8.39. The topological polar surface area (TPSA) is 63.6 Å². The Kier molecular flexibility index (Phi) is 5.30. The molecule has 1 aliphatic heterocycles. The van der Waals surface area contributed by atoms with Gasteiger partial charge in [-0.05, 0) is 60.1 Å². The fraction of sp³-hybridized carbons (Fsp3) is 0.261. The number of methoxy groups -OCH3 is 2. The second-order valence-corrected chi connectivity index (χ2v) is 8.08. The molecule has 3 heterocycles. The van der Waals surface area contributed by atoms with Crippen molar-refractivity contribution in [2.45, 2.75) is 0 Å². The molecule has 0 bridgehead atoms. The Morgan fingerprint density at radius 2 is 1.39 bits per heavy atom. The average molecular weight is 434 g/mol. The number of ether oxygens (including phenoxy) is 2. The number of hydrogen-bond acceptors (Lipinski definition) is 8. The van der Waals surface area contributed by atoms with Crippen molar-refractivity contribution in [3.05, 3.63) is 54.9 Å². The normalized spacial score (nSPS) is 14.1. The van der Waals surface area contributed by atoms with Crippen LogP contribution in [0.3, 0.4) is 0 Å². The molecule has 5 rings (SSSR count). The highest BCUT2D eigenvalue weighted by Gasteiger charge is 2.22. The van der Waals surface area contributed by atoms with Crippen molar-refractivity contribution in [3.63, 3.8) is 0 Å². The Balaban J connectivity index is 1.36. The third-order valence-corrected chi connectivity index (χ3v) is 6.45. The minimum Gasteiger partial charge on any atom is -0.497 e. The summed E-state index contributed by atoms with van der Waals surface area (Å²) in [7, 11) is 3.36. The molecule has 0 amide bonds. The monoisotopic (exact) mass is 433 g/mol. The van der Waals surface area contributed by atoms with Gasteiger partial charge in [-0.15, -0.1) is 0 Å². The summed E-state index contributed by atoms with van der Waals surface area (Å²) in [6, 6.07) is 16.2. The van der Waals surface area contributed by atoms with Crippen LogP contribution in [-0.2, 0) is 0 Å². The molecule has 0 N–H and O–H groups in total. The third kappa shape index (κ3) is 3.74. The van der Waals surface area contributed by atoms with Gasteiger partial charge in [0.1, 0.15) is 33.7 Å². The standard InChI is InChI=1S/C23H23N5O2S/c1-29-18-7-3-16(4-8-18)20-21-22(31-26-20)23(25-15-24-21)28-13-11-27(12-14-28)17-5-9-19(30-2)10-6-17/h3-10,15H,11-14H2,1-2H3. The van der Waals surface area contributed by atoms with E-state index in [0.717, 1.165) is 65.0 Å². The van der Waals surface area contributed by atoms with E-state index in [1.807, 2.05) is 36.4 Å². The minimum atomic E-state index is 0.827. The number of piperazine rings is 1. The molecule has 2 aromatic carbocycles. The van der Waals surface area contributed by atoms with Crippen molar-refractivity contribution in [1.82, 2.24) is 14.3 Å². The van der Waals surface area contributed by atoms with Crippen molar-refractivity contribution in [2.75, 3.05) is 50.2 Å². The number of anilines is 2. The van der Waals surface area contributed by atoms with Crippen LogP contribution < -0.4 is 19.3 Å². The van der Waals surface area contributed by atoms with Gasteiger partial charge in [-0.2, -0.15) is 4.37 Å². The number of aromatic nitrogens is 3. The van der Waals surface area contributed by atoms with Crippen LogP contribution >= 0.6 is 11.5 Å². The summed E-state index contributed by atoms with van der Waals surface area (Å²) in [5.74, 6) is 2.67. The molecule has 158 valence electrons. The van der Waals surface area contributed by atoms with E-state index in [1.165, 1.54) is 17.2 Å². The van der Waals surface area contributed by atoms with Crippen molar-refractivity contribution in [1.29, 1.82) is 0 Å². The SMILES string of the molecule is COc1ccc(-c2nsc3c(N4CCN(c5ccc(OC)cc5)CC4)ncnc23)cc1. The van der Waals surface area contributed by atoms with Crippen LogP contribution in [0, 0.1) is 0 Å². The number of benzene rings is 2. The molecule has 1 aliphatic rings. The Morgan fingerprint density at radius 3 is 2.03 bits per heavy atom. The first-order chi connectivity index (χ1) is 15.3. The molecular formula is C23H23N5O2S. The zero-order chi connectivity index (χ0) is 21.2. The number of fused-ring (bicyclic) bond motifs is 1. The van der Waals surface area contributed by atoms with Crippen LogP contribution in [-0.4, -0.2) is 54.7 Å². The summed E-state index contributed by atoms with van der Waals surface area (Å²) in [5, 5.41) is 0. The summed E-state index contributed by atoms with van der Waals surface area (Å²) in [4.78, 5) is 13.9. The Hall–Kier alpha value is -3.39. The van der Waals surface area contributed by atoms with Crippen LogP contribution in [0.25, 0.3) is 21.5 Å². The van der Waals surface area contributed by atoms with Gasteiger partial charge >= 0.3 is 0 Å². The highest BCUT2D eigenvalue weighted by Crippen LogP contribution is 2.35. The highest BCUT2D eigenvalue weighted by molar-refractivity contribution is 7.14. The Bertz CT molecular complexity index is 1170. The minimum absolute atomic E-state index is 0.827. The molecule has 31 heavy (non-hydrogen) atoms. The average Bonchev–Trinajstić information content (AvgIpc) is 3.29. The van der Waals surface area contributed by atoms with Gasteiger partial charge in [0.25, 0.3) is 0 Å². The van der Waals surface area contributed by atoms with E-state index in [-0.39, 0.29) is 0 Å². The molecule has 7 nitrogen and oxygen atoms in total. The van der Waals surface area contributed by atoms with Gasteiger partial charge in [0.15, 0.2) is 5.82 Å². The summed E-state index contributed by atoms with van der Waals surface area (Å²) in [6.45, 7) is 3.66. The van der Waals surface area contributed by atoms with Crippen LogP contribution in [0.1, 0.15) is 0 Å². The van der Waals surface area contributed by atoms with E-state index in [0.29, 0.717) is 0 Å². The van der Waals surface area contributed by atoms with E-state index in [9.17, 15) is 0 Å². The lowest BCUT2D eigenvalue weighted by atomic mass is 10.1. The highest BCUT2D eigenvalue weighted by atomic mass is 32.1. The van der Waals surface area contributed by atoms with Gasteiger partial charge < -0.3 is 19.3 Å². The largest absolute Gasteiger partial charge is 0.497 e. The first kappa shape index (κ1) is 19.6. The van der Waals surface area contributed by atoms with Crippen LogP contribution in [0.15, 0.2) is 54.9 Å². The van der Waals surface area contributed by atoms with E-state index in [4.69, 9.17) is 13.8 Å². The second-order valence-electron chi connectivity index (χ2n) is 7.31. The van der Waals surface area contributed by atoms with Gasteiger partial charge in [0, 0.05) is 37.4 Å². The summed E-state index contributed by atoms with van der Waals surface area (Å²) in [5.41, 5.74) is 4.04. The van der Waals surface area contributed by atoms with E-state index in [1.54, 1.807) is 20.5 Å². The van der Waals surface area contributed by atoms with Gasteiger partial charge in [0.2, 0.25) is 0 Å². The maximum Gasteiger partial charge on any atom is 0.151 e. The fourth-order valence-electron chi connectivity index (χ4n) is 3.88. The van der Waals surface area contributed by atoms with Crippen molar-refractivity contribution < 1.29 is 9.47 Å². The molecule has 0 saturated carbocycles. The summed E-state index contributed by atoms with van der Waals surface area (Å²) < 4.78 is 16.3. The van der Waals surface area contributed by atoms with E-state index in [2.05, 4.69) is 31.9 Å². The molecule has 1 saturated heterocycles. The van der Waals surface area contributed by atoms with E-state index < -0.39 is 0 Å². The third-order valence-electron chi connectivity index (χ3n) is 5.62. The van der Waals surface area contributed by atoms with Crippen molar-refractivity contribution in [2.24, 2.45) is 0 Å². The van der Waals surface area contributed by atoms with Crippen molar-refractivity contribution in [3.8, 4) is 22.8 Å². The lowest BCUT2D eigenvalue weighted by Gasteiger charge is -2.36. The lowest BCUT2D eigenvalue weighted by molar-refractivity contribution is 0.414. The molecule has 1 fully saturated rings. The number of nitrogens with zero attached hydrogens (tertiary/aromatic N) is 5. The predicted molar refractivity (Wildman–Crippen MR) is 125 cm³/mol. The van der Waals surface area contributed by atoms with Crippen LogP contribution in [0.4, 0.5) is 11.5 Å². The summed E-state index contributed by atoms with van der Waals surface area (Å²) >= 11 is 1.46. The van der Waals surface area contributed by atoms with Gasteiger partial charge in [-0.1, -0.05) is 0 Å². The van der Waals surface area contributed by atoms with Gasteiger partial charge in [-0.25, -0.2) is 9.97 Å². The molecule has 0 atom stereocenters. The molecule has 0 unspecified atom stereocenters. The van der Waals surface area contributed by atoms with E-state index >= 15 is 0 Å². The molecule has 8 heteroatoms. The molecule has 0 aliphatic carbocycles. The van der Waals surface area contributed by atoms with Crippen LogP contribution in [0.5, 0.6) is 11.5 Å². The Labute approximate surface area is 185 Å². The van der Waals surface area contributed by atoms with Gasteiger partial charge in [-0.3, -0.25) is 0 Å². The zero-order valence-electron chi connectivity index (χ0n) is 17.5. The molecule has 0 radical (unpaired) electrons. The quantitative estimate of drug-likeness (QED) is 0.470. The fourth-order valence-corrected chi connectivity index (χ4v) is 4.76. The number of rotatable bonds is 5. The molecular weight excluding hydrogens is 410 g/mol. The molecule has 4 aromatic rings. The van der Waals surface area contributed by atoms with Gasteiger partial charge in [0.05, 0.1) is 14.2 Å². The Morgan fingerprint density at radius 1 is 0.774 bits per heavy atom. The first-order valence-corrected chi connectivity index (χ1v) is 10.9.